The van der Waals surface area contributed by atoms with Crippen LogP contribution in [0.4, 0.5) is 8.78 Å². The molecule has 0 unspecified atom stereocenters. The van der Waals surface area contributed by atoms with Gasteiger partial charge in [0.15, 0.2) is 0 Å². The van der Waals surface area contributed by atoms with Crippen LogP contribution in [0.15, 0.2) is 59.2 Å². The van der Waals surface area contributed by atoms with Gasteiger partial charge in [-0.05, 0) is 29.8 Å². The predicted molar refractivity (Wildman–Crippen MR) is 62.8 cm³/mol. The van der Waals surface area contributed by atoms with Gasteiger partial charge in [-0.1, -0.05) is 30.3 Å². The molecular formula is C14H12F2O. The lowest BCUT2D eigenvalue weighted by molar-refractivity contribution is 0.0566. The molecule has 1 nitrogen and oxygen atoms in total. The topological polar surface area (TPSA) is 13.1 Å². The van der Waals surface area contributed by atoms with E-state index in [-0.39, 0.29) is 6.42 Å². The van der Waals surface area contributed by atoms with Gasteiger partial charge in [-0.2, -0.15) is 0 Å². The second-order valence-electron chi connectivity index (χ2n) is 3.77. The molecule has 17 heavy (non-hydrogen) atoms. The van der Waals surface area contributed by atoms with Crippen molar-refractivity contribution in [3.8, 4) is 0 Å². The molecular weight excluding hydrogens is 222 g/mol. The number of rotatable bonds is 4. The fraction of sp³-hybridized carbons (Fsp3) is 0.143. The van der Waals surface area contributed by atoms with Gasteiger partial charge in [0.05, 0.1) is 6.26 Å². The molecule has 0 amide bonds. The lowest BCUT2D eigenvalue weighted by Crippen LogP contribution is -2.15. The van der Waals surface area contributed by atoms with Crippen LogP contribution in [-0.4, -0.2) is 5.92 Å². The largest absolute Gasteiger partial charge is 0.465 e. The third-order valence-electron chi connectivity index (χ3n) is 2.32. The second kappa shape index (κ2) is 4.95. The number of benzene rings is 1. The van der Waals surface area contributed by atoms with Crippen molar-refractivity contribution in [1.29, 1.82) is 0 Å². The molecule has 2 rings (SSSR count). The zero-order valence-electron chi connectivity index (χ0n) is 9.14. The highest BCUT2D eigenvalue weighted by atomic mass is 19.3. The minimum absolute atomic E-state index is 0.301. The van der Waals surface area contributed by atoms with Gasteiger partial charge in [0.2, 0.25) is 0 Å². The lowest BCUT2D eigenvalue weighted by Gasteiger charge is -2.11. The molecule has 0 N–H and O–H groups in total. The molecule has 1 aromatic heterocycles. The normalized spacial score (nSPS) is 12.1. The van der Waals surface area contributed by atoms with Crippen LogP contribution in [0, 0.1) is 0 Å². The first-order valence-electron chi connectivity index (χ1n) is 5.30. The summed E-state index contributed by atoms with van der Waals surface area (Å²) >= 11 is 0. The quantitative estimate of drug-likeness (QED) is 0.773. The summed E-state index contributed by atoms with van der Waals surface area (Å²) in [5.41, 5.74) is 0.613. The number of hydrogen-bond donors (Lipinski definition) is 0. The second-order valence-corrected chi connectivity index (χ2v) is 3.77. The molecule has 0 saturated carbocycles. The van der Waals surface area contributed by atoms with E-state index in [2.05, 4.69) is 0 Å². The summed E-state index contributed by atoms with van der Waals surface area (Å²) < 4.78 is 32.1. The van der Waals surface area contributed by atoms with Crippen LogP contribution in [0.5, 0.6) is 0 Å². The van der Waals surface area contributed by atoms with Gasteiger partial charge in [-0.15, -0.1) is 0 Å². The Kier molecular flexibility index (Phi) is 3.38. The maximum Gasteiger partial charge on any atom is 0.270 e. The van der Waals surface area contributed by atoms with E-state index in [0.29, 0.717) is 11.3 Å². The molecule has 0 aliphatic rings. The molecule has 88 valence electrons. The van der Waals surface area contributed by atoms with Crippen molar-refractivity contribution in [2.45, 2.75) is 12.3 Å². The van der Waals surface area contributed by atoms with Crippen LogP contribution in [-0.2, 0) is 6.42 Å². The third-order valence-corrected chi connectivity index (χ3v) is 2.32. The van der Waals surface area contributed by atoms with E-state index in [0.717, 1.165) is 6.08 Å². The van der Waals surface area contributed by atoms with E-state index >= 15 is 0 Å². The van der Waals surface area contributed by atoms with Crippen molar-refractivity contribution >= 4 is 6.08 Å². The van der Waals surface area contributed by atoms with Crippen molar-refractivity contribution in [3.05, 3.63) is 66.1 Å². The Morgan fingerprint density at radius 2 is 1.82 bits per heavy atom. The minimum Gasteiger partial charge on any atom is -0.465 e. The van der Waals surface area contributed by atoms with E-state index in [1.165, 1.54) is 12.3 Å². The fourth-order valence-electron chi connectivity index (χ4n) is 1.52. The number of hydrogen-bond acceptors (Lipinski definition) is 1. The van der Waals surface area contributed by atoms with Crippen LogP contribution in [0.25, 0.3) is 6.08 Å². The maximum atomic E-state index is 13.6. The molecule has 1 aromatic carbocycles. The zero-order valence-corrected chi connectivity index (χ0v) is 9.14. The maximum absolute atomic E-state index is 13.6. The van der Waals surface area contributed by atoms with Gasteiger partial charge in [-0.3, -0.25) is 0 Å². The van der Waals surface area contributed by atoms with Crippen LogP contribution < -0.4 is 0 Å². The summed E-state index contributed by atoms with van der Waals surface area (Å²) in [6.07, 6.45) is 3.32. The third kappa shape index (κ3) is 3.55. The standard InChI is InChI=1S/C14H12F2O/c15-14(16,9-8-13-7-4-10-17-13)11-12-5-2-1-3-6-12/h1-10H,11H2/b9-8+. The summed E-state index contributed by atoms with van der Waals surface area (Å²) in [7, 11) is 0. The SMILES string of the molecule is FC(F)(/C=C/c1ccco1)Cc1ccccc1. The van der Waals surface area contributed by atoms with Crippen LogP contribution in [0.3, 0.4) is 0 Å². The summed E-state index contributed by atoms with van der Waals surface area (Å²) in [5.74, 6) is -2.44. The van der Waals surface area contributed by atoms with Crippen LogP contribution >= 0.6 is 0 Å². The number of alkyl halides is 2. The lowest BCUT2D eigenvalue weighted by atomic mass is 10.1. The van der Waals surface area contributed by atoms with E-state index < -0.39 is 5.92 Å². The molecule has 0 atom stereocenters. The number of allylic oxidation sites excluding steroid dienone is 1. The van der Waals surface area contributed by atoms with Gasteiger partial charge in [0.25, 0.3) is 5.92 Å². The van der Waals surface area contributed by atoms with Gasteiger partial charge in [0.1, 0.15) is 5.76 Å². The Balaban J connectivity index is 2.04. The minimum atomic E-state index is -2.87. The van der Waals surface area contributed by atoms with Crippen molar-refractivity contribution < 1.29 is 13.2 Å². The van der Waals surface area contributed by atoms with Crippen molar-refractivity contribution in [1.82, 2.24) is 0 Å². The van der Waals surface area contributed by atoms with Gasteiger partial charge in [0, 0.05) is 6.42 Å². The molecule has 0 radical (unpaired) electrons. The Bertz CT molecular complexity index is 472. The summed E-state index contributed by atoms with van der Waals surface area (Å²) in [4.78, 5) is 0. The van der Waals surface area contributed by atoms with E-state index in [4.69, 9.17) is 4.42 Å². The van der Waals surface area contributed by atoms with Gasteiger partial charge < -0.3 is 4.42 Å². The Hall–Kier alpha value is -1.90. The molecule has 0 spiro atoms. The molecule has 3 heteroatoms. The van der Waals surface area contributed by atoms with Crippen LogP contribution in [0.2, 0.25) is 0 Å². The molecule has 0 fully saturated rings. The Labute approximate surface area is 98.4 Å². The van der Waals surface area contributed by atoms with Gasteiger partial charge >= 0.3 is 0 Å². The highest BCUT2D eigenvalue weighted by Gasteiger charge is 2.25. The first kappa shape index (κ1) is 11.6. The molecule has 2 aromatic rings. The fourth-order valence-corrected chi connectivity index (χ4v) is 1.52. The first-order valence-corrected chi connectivity index (χ1v) is 5.30. The van der Waals surface area contributed by atoms with Crippen molar-refractivity contribution in [2.24, 2.45) is 0 Å². The van der Waals surface area contributed by atoms with Crippen molar-refractivity contribution in [3.63, 3.8) is 0 Å². The summed E-state index contributed by atoms with van der Waals surface area (Å²) in [5, 5.41) is 0. The first-order chi connectivity index (χ1) is 8.16. The Morgan fingerprint density at radius 1 is 1.06 bits per heavy atom. The summed E-state index contributed by atoms with van der Waals surface area (Å²) in [6.45, 7) is 0. The number of furan rings is 1. The molecule has 0 bridgehead atoms. The average Bonchev–Trinajstić information content (AvgIpc) is 2.80. The monoisotopic (exact) mass is 234 g/mol. The van der Waals surface area contributed by atoms with E-state index in [1.54, 1.807) is 42.5 Å². The molecule has 0 aliphatic carbocycles. The van der Waals surface area contributed by atoms with E-state index in [9.17, 15) is 8.78 Å². The zero-order chi connectivity index (χ0) is 12.1. The highest BCUT2D eigenvalue weighted by molar-refractivity contribution is 5.43. The summed E-state index contributed by atoms with van der Waals surface area (Å²) in [6, 6.07) is 12.0. The van der Waals surface area contributed by atoms with Crippen LogP contribution in [0.1, 0.15) is 11.3 Å². The highest BCUT2D eigenvalue weighted by Crippen LogP contribution is 2.22. The van der Waals surface area contributed by atoms with Gasteiger partial charge in [-0.25, -0.2) is 8.78 Å². The molecule has 0 aliphatic heterocycles. The average molecular weight is 234 g/mol. The molecule has 1 heterocycles. The van der Waals surface area contributed by atoms with E-state index in [1.807, 2.05) is 0 Å². The van der Waals surface area contributed by atoms with Crippen molar-refractivity contribution in [2.75, 3.05) is 0 Å². The molecule has 0 saturated heterocycles. The predicted octanol–water partition coefficient (Wildman–Crippen LogP) is 4.17. The smallest absolute Gasteiger partial charge is 0.270 e. The number of halogens is 2. The Morgan fingerprint density at radius 3 is 2.47 bits per heavy atom.